The van der Waals surface area contributed by atoms with Crippen molar-refractivity contribution >= 4 is 11.6 Å². The van der Waals surface area contributed by atoms with Gasteiger partial charge in [0, 0.05) is 5.69 Å². The number of nitrogens with two attached hydrogens (primary N) is 1. The first-order chi connectivity index (χ1) is 10.2. The van der Waals surface area contributed by atoms with Gasteiger partial charge in [-0.15, -0.1) is 0 Å². The number of likely N-dealkylation sites (tertiary alicyclic amines) is 1. The Labute approximate surface area is 127 Å². The molecule has 0 radical (unpaired) electrons. The van der Waals surface area contributed by atoms with E-state index in [2.05, 4.69) is 23.2 Å². The Hall–Kier alpha value is -1.39. The molecule has 2 rings (SSSR count). The quantitative estimate of drug-likeness (QED) is 0.844. The smallest absolute Gasteiger partial charge is 0.238 e. The summed E-state index contributed by atoms with van der Waals surface area (Å²) in [4.78, 5) is 14.4. The van der Waals surface area contributed by atoms with Crippen molar-refractivity contribution in [1.82, 2.24) is 4.90 Å². The number of carbonyl (C=O) groups excluding carboxylic acids is 1. The summed E-state index contributed by atoms with van der Waals surface area (Å²) >= 11 is 0. The predicted octanol–water partition coefficient (Wildman–Crippen LogP) is 2.25. The van der Waals surface area contributed by atoms with E-state index < -0.39 is 0 Å². The Bertz CT molecular complexity index is 453. The van der Waals surface area contributed by atoms with E-state index in [1.807, 2.05) is 18.2 Å². The molecule has 1 fully saturated rings. The summed E-state index contributed by atoms with van der Waals surface area (Å²) in [6.07, 6.45) is 4.42. The van der Waals surface area contributed by atoms with Crippen LogP contribution < -0.4 is 11.1 Å². The third-order valence-corrected chi connectivity index (χ3v) is 4.27. The van der Waals surface area contributed by atoms with Crippen LogP contribution >= 0.6 is 0 Å². The van der Waals surface area contributed by atoms with Gasteiger partial charge in [0.15, 0.2) is 0 Å². The van der Waals surface area contributed by atoms with Crippen molar-refractivity contribution in [3.63, 3.8) is 0 Å². The fourth-order valence-corrected chi connectivity index (χ4v) is 2.94. The number of hydrogen-bond donors (Lipinski definition) is 2. The lowest BCUT2D eigenvalue weighted by molar-refractivity contribution is -0.117. The number of piperidine rings is 1. The molecule has 1 heterocycles. The highest BCUT2D eigenvalue weighted by Crippen LogP contribution is 2.19. The van der Waals surface area contributed by atoms with Crippen LogP contribution in [-0.2, 0) is 11.2 Å². The number of hydrogen-bond acceptors (Lipinski definition) is 3. The second-order valence-corrected chi connectivity index (χ2v) is 5.90. The van der Waals surface area contributed by atoms with Gasteiger partial charge in [0.25, 0.3) is 0 Å². The molecule has 1 aliphatic rings. The molecule has 4 heteroatoms. The minimum absolute atomic E-state index is 0.0838. The van der Waals surface area contributed by atoms with E-state index in [0.29, 0.717) is 6.54 Å². The largest absolute Gasteiger partial charge is 0.330 e. The van der Waals surface area contributed by atoms with E-state index in [-0.39, 0.29) is 5.91 Å². The molecule has 0 spiro atoms. The van der Waals surface area contributed by atoms with Gasteiger partial charge in [0.1, 0.15) is 0 Å². The summed E-state index contributed by atoms with van der Waals surface area (Å²) in [6.45, 7) is 5.40. The van der Waals surface area contributed by atoms with Crippen molar-refractivity contribution in [3.8, 4) is 0 Å². The van der Waals surface area contributed by atoms with E-state index >= 15 is 0 Å². The van der Waals surface area contributed by atoms with Crippen LogP contribution in [0.25, 0.3) is 0 Å². The Morgan fingerprint density at radius 1 is 1.38 bits per heavy atom. The highest BCUT2D eigenvalue weighted by molar-refractivity contribution is 5.92. The maximum Gasteiger partial charge on any atom is 0.238 e. The SMILES string of the molecule is CCc1cccc(NC(=O)CN2CCC(CCN)CC2)c1. The molecule has 116 valence electrons. The predicted molar refractivity (Wildman–Crippen MR) is 87.3 cm³/mol. The van der Waals surface area contributed by atoms with Crippen molar-refractivity contribution in [2.45, 2.75) is 32.6 Å². The van der Waals surface area contributed by atoms with Crippen LogP contribution in [0.2, 0.25) is 0 Å². The third kappa shape index (κ3) is 5.14. The van der Waals surface area contributed by atoms with Gasteiger partial charge in [0.05, 0.1) is 6.54 Å². The maximum absolute atomic E-state index is 12.1. The standard InChI is InChI=1S/C17H27N3O/c1-2-14-4-3-5-16(12-14)19-17(21)13-20-10-7-15(6-9-18)8-11-20/h3-5,12,15H,2,6-11,13,18H2,1H3,(H,19,21). The van der Waals surface area contributed by atoms with Crippen molar-refractivity contribution in [3.05, 3.63) is 29.8 Å². The molecule has 1 aliphatic heterocycles. The van der Waals surface area contributed by atoms with Gasteiger partial charge in [-0.25, -0.2) is 0 Å². The van der Waals surface area contributed by atoms with Crippen LogP contribution in [-0.4, -0.2) is 37.0 Å². The highest BCUT2D eigenvalue weighted by atomic mass is 16.2. The molecule has 0 unspecified atom stereocenters. The molecule has 1 saturated heterocycles. The Balaban J connectivity index is 1.77. The Morgan fingerprint density at radius 3 is 2.81 bits per heavy atom. The summed E-state index contributed by atoms with van der Waals surface area (Å²) in [5.41, 5.74) is 7.75. The van der Waals surface area contributed by atoms with Crippen LogP contribution in [0.1, 0.15) is 31.7 Å². The van der Waals surface area contributed by atoms with Crippen molar-refractivity contribution < 1.29 is 4.79 Å². The topological polar surface area (TPSA) is 58.4 Å². The van der Waals surface area contributed by atoms with Crippen LogP contribution in [0.15, 0.2) is 24.3 Å². The Kier molecular flexibility index (Phi) is 6.21. The molecule has 0 aromatic heterocycles. The number of anilines is 1. The number of aryl methyl sites for hydroxylation is 1. The number of amides is 1. The van der Waals surface area contributed by atoms with Gasteiger partial charge in [-0.1, -0.05) is 19.1 Å². The molecule has 0 atom stereocenters. The van der Waals surface area contributed by atoms with Crippen molar-refractivity contribution in [1.29, 1.82) is 0 Å². The van der Waals surface area contributed by atoms with Crippen LogP contribution in [0.4, 0.5) is 5.69 Å². The molecule has 1 aromatic rings. The third-order valence-electron chi connectivity index (χ3n) is 4.27. The molecule has 0 aliphatic carbocycles. The molecule has 0 saturated carbocycles. The second-order valence-electron chi connectivity index (χ2n) is 5.90. The first-order valence-corrected chi connectivity index (χ1v) is 8.02. The lowest BCUT2D eigenvalue weighted by Crippen LogP contribution is -2.39. The summed E-state index contributed by atoms with van der Waals surface area (Å²) in [6, 6.07) is 8.07. The summed E-state index contributed by atoms with van der Waals surface area (Å²) in [5.74, 6) is 0.830. The molecule has 3 N–H and O–H groups in total. The minimum atomic E-state index is 0.0838. The van der Waals surface area contributed by atoms with Crippen LogP contribution in [0, 0.1) is 5.92 Å². The molecule has 0 bridgehead atoms. The van der Waals surface area contributed by atoms with E-state index in [0.717, 1.165) is 56.9 Å². The zero-order valence-corrected chi connectivity index (χ0v) is 13.0. The zero-order chi connectivity index (χ0) is 15.1. The fraction of sp³-hybridized carbons (Fsp3) is 0.588. The molecule has 1 amide bonds. The van der Waals surface area contributed by atoms with Crippen LogP contribution in [0.5, 0.6) is 0 Å². The number of rotatable bonds is 6. The number of nitrogens with one attached hydrogen (secondary N) is 1. The molecule has 1 aromatic carbocycles. The fourth-order valence-electron chi connectivity index (χ4n) is 2.94. The second kappa shape index (κ2) is 8.15. The highest BCUT2D eigenvalue weighted by Gasteiger charge is 2.20. The number of benzene rings is 1. The van der Waals surface area contributed by atoms with Gasteiger partial charge in [-0.3, -0.25) is 9.69 Å². The van der Waals surface area contributed by atoms with Crippen molar-refractivity contribution in [2.75, 3.05) is 31.5 Å². The van der Waals surface area contributed by atoms with Gasteiger partial charge in [-0.2, -0.15) is 0 Å². The van der Waals surface area contributed by atoms with Gasteiger partial charge in [-0.05, 0) is 68.9 Å². The number of carbonyl (C=O) groups is 1. The average molecular weight is 289 g/mol. The number of nitrogens with zero attached hydrogens (tertiary/aromatic N) is 1. The van der Waals surface area contributed by atoms with Gasteiger partial charge < -0.3 is 11.1 Å². The van der Waals surface area contributed by atoms with E-state index in [1.165, 1.54) is 5.56 Å². The lowest BCUT2D eigenvalue weighted by Gasteiger charge is -2.31. The van der Waals surface area contributed by atoms with Crippen molar-refractivity contribution in [2.24, 2.45) is 11.7 Å². The lowest BCUT2D eigenvalue weighted by atomic mass is 9.94. The van der Waals surface area contributed by atoms with E-state index in [9.17, 15) is 4.79 Å². The zero-order valence-electron chi connectivity index (χ0n) is 13.0. The molecule has 21 heavy (non-hydrogen) atoms. The molecular weight excluding hydrogens is 262 g/mol. The summed E-state index contributed by atoms with van der Waals surface area (Å²) in [5, 5.41) is 3.00. The summed E-state index contributed by atoms with van der Waals surface area (Å²) < 4.78 is 0. The normalized spacial score (nSPS) is 16.9. The van der Waals surface area contributed by atoms with E-state index in [4.69, 9.17) is 5.73 Å². The Morgan fingerprint density at radius 2 is 2.14 bits per heavy atom. The molecular formula is C17H27N3O. The minimum Gasteiger partial charge on any atom is -0.330 e. The van der Waals surface area contributed by atoms with E-state index in [1.54, 1.807) is 0 Å². The average Bonchev–Trinajstić information content (AvgIpc) is 2.49. The first-order valence-electron chi connectivity index (χ1n) is 8.02. The van der Waals surface area contributed by atoms with Gasteiger partial charge in [0.2, 0.25) is 5.91 Å². The summed E-state index contributed by atoms with van der Waals surface area (Å²) in [7, 11) is 0. The van der Waals surface area contributed by atoms with Crippen LogP contribution in [0.3, 0.4) is 0 Å². The maximum atomic E-state index is 12.1. The first kappa shape index (κ1) is 16.0. The molecule has 4 nitrogen and oxygen atoms in total. The van der Waals surface area contributed by atoms with Gasteiger partial charge >= 0.3 is 0 Å². The monoisotopic (exact) mass is 289 g/mol.